The van der Waals surface area contributed by atoms with Gasteiger partial charge in [0.05, 0.1) is 10.5 Å². The summed E-state index contributed by atoms with van der Waals surface area (Å²) in [6.45, 7) is 0. The summed E-state index contributed by atoms with van der Waals surface area (Å²) in [5.74, 6) is 0. The molecule has 0 N–H and O–H groups in total. The first kappa shape index (κ1) is 11.7. The van der Waals surface area contributed by atoms with Crippen LogP contribution in [0.3, 0.4) is 0 Å². The highest BCUT2D eigenvalue weighted by Crippen LogP contribution is 2.24. The number of nitro benzene ring substituents is 1. The zero-order valence-electron chi connectivity index (χ0n) is 9.04. The van der Waals surface area contributed by atoms with Crippen molar-refractivity contribution in [2.75, 3.05) is 14.1 Å². The van der Waals surface area contributed by atoms with Gasteiger partial charge in [0.2, 0.25) is 0 Å². The minimum Gasteiger partial charge on any atom is -0.383 e. The van der Waals surface area contributed by atoms with Crippen LogP contribution in [0.4, 0.5) is 5.69 Å². The summed E-state index contributed by atoms with van der Waals surface area (Å²) in [6, 6.07) is 6.49. The van der Waals surface area contributed by atoms with Crippen LogP contribution in [-0.2, 0) is 0 Å². The first-order valence-corrected chi connectivity index (χ1v) is 4.58. The van der Waals surface area contributed by atoms with Crippen LogP contribution in [0.2, 0.25) is 0 Å². The second kappa shape index (κ2) is 4.94. The molecule has 5 heteroatoms. The Balaban J connectivity index is 3.29. The maximum Gasteiger partial charge on any atom is 0.294 e. The first-order chi connectivity index (χ1) is 7.56. The Hall–Kier alpha value is -2.35. The van der Waals surface area contributed by atoms with Crippen LogP contribution in [0.5, 0.6) is 0 Å². The topological polar surface area (TPSA) is 70.2 Å². The van der Waals surface area contributed by atoms with Gasteiger partial charge in [-0.25, -0.2) is 0 Å². The fourth-order valence-electron chi connectivity index (χ4n) is 1.22. The number of rotatable bonds is 3. The van der Waals surface area contributed by atoms with Crippen LogP contribution in [0, 0.1) is 21.4 Å². The second-order valence-electron chi connectivity index (χ2n) is 3.39. The molecule has 0 aliphatic carbocycles. The third-order valence-corrected chi connectivity index (χ3v) is 1.92. The van der Waals surface area contributed by atoms with Crippen molar-refractivity contribution in [3.63, 3.8) is 0 Å². The van der Waals surface area contributed by atoms with E-state index in [1.165, 1.54) is 6.07 Å². The third-order valence-electron chi connectivity index (χ3n) is 1.92. The van der Waals surface area contributed by atoms with Gasteiger partial charge in [-0.15, -0.1) is 0 Å². The van der Waals surface area contributed by atoms with Crippen molar-refractivity contribution >= 4 is 11.8 Å². The van der Waals surface area contributed by atoms with Crippen LogP contribution >= 0.6 is 0 Å². The van der Waals surface area contributed by atoms with Crippen LogP contribution in [0.25, 0.3) is 6.08 Å². The molecule has 1 aromatic carbocycles. The molecule has 0 saturated heterocycles. The fourth-order valence-corrected chi connectivity index (χ4v) is 1.22. The Morgan fingerprint density at radius 1 is 1.50 bits per heavy atom. The standard InChI is InChI=1S/C11H11N3O2/c1-13(2)7-6-9-4-3-5-10(8-12)11(9)14(15)16/h3-7H,1-2H3/b7-6+. The van der Waals surface area contributed by atoms with Crippen LogP contribution in [0.1, 0.15) is 11.1 Å². The van der Waals surface area contributed by atoms with Gasteiger partial charge in [-0.2, -0.15) is 5.26 Å². The molecule has 0 amide bonds. The molecule has 0 atom stereocenters. The van der Waals surface area contributed by atoms with Crippen molar-refractivity contribution in [1.29, 1.82) is 5.26 Å². The van der Waals surface area contributed by atoms with Crippen LogP contribution < -0.4 is 0 Å². The van der Waals surface area contributed by atoms with Gasteiger partial charge in [0.1, 0.15) is 11.6 Å². The average molecular weight is 217 g/mol. The van der Waals surface area contributed by atoms with Gasteiger partial charge in [0.25, 0.3) is 5.69 Å². The van der Waals surface area contributed by atoms with Gasteiger partial charge in [-0.3, -0.25) is 10.1 Å². The molecular weight excluding hydrogens is 206 g/mol. The van der Waals surface area contributed by atoms with Crippen molar-refractivity contribution < 1.29 is 4.92 Å². The SMILES string of the molecule is CN(C)/C=C/c1cccc(C#N)c1[N+](=O)[O-]. The number of para-hydroxylation sites is 1. The number of nitro groups is 1. The van der Waals surface area contributed by atoms with E-state index in [0.717, 1.165) is 0 Å². The van der Waals surface area contributed by atoms with E-state index < -0.39 is 4.92 Å². The molecule has 0 spiro atoms. The molecule has 0 fully saturated rings. The van der Waals surface area contributed by atoms with E-state index in [0.29, 0.717) is 5.56 Å². The molecule has 0 bridgehead atoms. The molecule has 0 aliphatic rings. The zero-order chi connectivity index (χ0) is 12.1. The molecule has 0 aliphatic heterocycles. The van der Waals surface area contributed by atoms with E-state index in [-0.39, 0.29) is 11.3 Å². The lowest BCUT2D eigenvalue weighted by molar-refractivity contribution is -0.385. The lowest BCUT2D eigenvalue weighted by atomic mass is 10.1. The van der Waals surface area contributed by atoms with Crippen molar-refractivity contribution in [3.8, 4) is 6.07 Å². The predicted molar refractivity (Wildman–Crippen MR) is 60.5 cm³/mol. The number of benzene rings is 1. The smallest absolute Gasteiger partial charge is 0.294 e. The first-order valence-electron chi connectivity index (χ1n) is 4.58. The fraction of sp³-hybridized carbons (Fsp3) is 0.182. The van der Waals surface area contributed by atoms with E-state index in [1.54, 1.807) is 29.3 Å². The molecule has 1 rings (SSSR count). The normalized spacial score (nSPS) is 10.1. The Morgan fingerprint density at radius 3 is 2.69 bits per heavy atom. The van der Waals surface area contributed by atoms with Gasteiger partial charge in [0, 0.05) is 14.1 Å². The molecule has 0 saturated carbocycles. The molecule has 0 radical (unpaired) electrons. The molecule has 16 heavy (non-hydrogen) atoms. The van der Waals surface area contributed by atoms with E-state index in [2.05, 4.69) is 0 Å². The molecule has 1 aromatic rings. The van der Waals surface area contributed by atoms with Gasteiger partial charge >= 0.3 is 0 Å². The minimum absolute atomic E-state index is 0.0749. The van der Waals surface area contributed by atoms with Crippen molar-refractivity contribution in [1.82, 2.24) is 4.90 Å². The Labute approximate surface area is 93.4 Å². The number of nitriles is 1. The minimum atomic E-state index is -0.534. The summed E-state index contributed by atoms with van der Waals surface area (Å²) in [7, 11) is 3.63. The molecule has 0 unspecified atom stereocenters. The summed E-state index contributed by atoms with van der Waals surface area (Å²) in [4.78, 5) is 12.1. The largest absolute Gasteiger partial charge is 0.383 e. The third kappa shape index (κ3) is 2.58. The Morgan fingerprint density at radius 2 is 2.19 bits per heavy atom. The molecule has 0 aromatic heterocycles. The number of hydrogen-bond donors (Lipinski definition) is 0. The zero-order valence-corrected chi connectivity index (χ0v) is 9.04. The van der Waals surface area contributed by atoms with Gasteiger partial charge < -0.3 is 4.90 Å². The highest BCUT2D eigenvalue weighted by Gasteiger charge is 2.17. The lowest BCUT2D eigenvalue weighted by Crippen LogP contribution is -2.00. The van der Waals surface area contributed by atoms with E-state index in [1.807, 2.05) is 20.2 Å². The van der Waals surface area contributed by atoms with Crippen LogP contribution in [-0.4, -0.2) is 23.9 Å². The van der Waals surface area contributed by atoms with Gasteiger partial charge in [0.15, 0.2) is 0 Å². The maximum atomic E-state index is 10.9. The molecular formula is C11H11N3O2. The summed E-state index contributed by atoms with van der Waals surface area (Å²) < 4.78 is 0. The Bertz CT molecular complexity index is 473. The van der Waals surface area contributed by atoms with Gasteiger partial charge in [-0.1, -0.05) is 6.07 Å². The second-order valence-corrected chi connectivity index (χ2v) is 3.39. The van der Waals surface area contributed by atoms with E-state index in [4.69, 9.17) is 5.26 Å². The number of nitrogens with zero attached hydrogens (tertiary/aromatic N) is 3. The Kier molecular flexibility index (Phi) is 3.62. The highest BCUT2D eigenvalue weighted by atomic mass is 16.6. The summed E-state index contributed by atoms with van der Waals surface area (Å²) >= 11 is 0. The lowest BCUT2D eigenvalue weighted by Gasteiger charge is -2.04. The van der Waals surface area contributed by atoms with E-state index in [9.17, 15) is 10.1 Å². The summed E-state index contributed by atoms with van der Waals surface area (Å²) in [6.07, 6.45) is 3.31. The van der Waals surface area contributed by atoms with E-state index >= 15 is 0 Å². The van der Waals surface area contributed by atoms with Crippen molar-refractivity contribution in [2.24, 2.45) is 0 Å². The van der Waals surface area contributed by atoms with Crippen molar-refractivity contribution in [3.05, 3.63) is 45.6 Å². The monoisotopic (exact) mass is 217 g/mol. The summed E-state index contributed by atoms with van der Waals surface area (Å²) in [5, 5.41) is 19.6. The van der Waals surface area contributed by atoms with Gasteiger partial charge in [-0.05, 0) is 24.4 Å². The number of hydrogen-bond acceptors (Lipinski definition) is 4. The molecule has 5 nitrogen and oxygen atoms in total. The maximum absolute atomic E-state index is 10.9. The molecule has 0 heterocycles. The average Bonchev–Trinajstić information content (AvgIpc) is 2.25. The summed E-state index contributed by atoms with van der Waals surface area (Å²) in [5.41, 5.74) is 0.353. The van der Waals surface area contributed by atoms with Crippen LogP contribution in [0.15, 0.2) is 24.4 Å². The molecule has 82 valence electrons. The quantitative estimate of drug-likeness (QED) is 0.573. The highest BCUT2D eigenvalue weighted by molar-refractivity contribution is 5.66. The predicted octanol–water partition coefficient (Wildman–Crippen LogP) is 2.00. The van der Waals surface area contributed by atoms with Crippen molar-refractivity contribution in [2.45, 2.75) is 0 Å².